The lowest BCUT2D eigenvalue weighted by molar-refractivity contribution is 0.0945. The predicted molar refractivity (Wildman–Crippen MR) is 86.0 cm³/mol. The van der Waals surface area contributed by atoms with Crippen molar-refractivity contribution in [1.29, 1.82) is 0 Å². The van der Waals surface area contributed by atoms with E-state index in [0.717, 1.165) is 32.4 Å². The summed E-state index contributed by atoms with van der Waals surface area (Å²) in [4.78, 5) is 12.2. The number of rotatable bonds is 7. The summed E-state index contributed by atoms with van der Waals surface area (Å²) in [7, 11) is 0. The molecule has 0 saturated carbocycles. The van der Waals surface area contributed by atoms with E-state index in [1.165, 1.54) is 0 Å². The van der Waals surface area contributed by atoms with E-state index < -0.39 is 0 Å². The fourth-order valence-corrected chi connectivity index (χ4v) is 2.86. The number of carbonyl (C=O) groups is 1. The second kappa shape index (κ2) is 6.92. The molecule has 3 heterocycles. The van der Waals surface area contributed by atoms with Crippen LogP contribution in [0.15, 0.2) is 22.5 Å². The Bertz CT molecular complexity index is 617. The number of hydrogen-bond donors (Lipinski definition) is 2. The SMILES string of the molecule is C#CCCC1(CCNC(=O)c2ccn(C3CCCNC3)n2)N=N1. The van der Waals surface area contributed by atoms with Crippen LogP contribution in [-0.4, -0.2) is 41.0 Å². The molecule has 2 N–H and O–H groups in total. The van der Waals surface area contributed by atoms with Crippen LogP contribution in [0.3, 0.4) is 0 Å². The number of nitrogens with one attached hydrogen (secondary N) is 2. The first kappa shape index (κ1) is 15.7. The minimum absolute atomic E-state index is 0.153. The molecule has 7 nitrogen and oxygen atoms in total. The van der Waals surface area contributed by atoms with Gasteiger partial charge in [0.2, 0.25) is 0 Å². The van der Waals surface area contributed by atoms with Gasteiger partial charge < -0.3 is 10.6 Å². The zero-order valence-corrected chi connectivity index (χ0v) is 13.2. The summed E-state index contributed by atoms with van der Waals surface area (Å²) in [6, 6.07) is 2.10. The molecule has 1 amide bonds. The van der Waals surface area contributed by atoms with Crippen LogP contribution >= 0.6 is 0 Å². The highest BCUT2D eigenvalue weighted by Crippen LogP contribution is 2.36. The highest BCUT2D eigenvalue weighted by molar-refractivity contribution is 5.92. The minimum atomic E-state index is -0.354. The molecule has 0 spiro atoms. The summed E-state index contributed by atoms with van der Waals surface area (Å²) in [5.74, 6) is 2.44. The van der Waals surface area contributed by atoms with Gasteiger partial charge in [-0.15, -0.1) is 12.3 Å². The summed E-state index contributed by atoms with van der Waals surface area (Å²) in [5, 5.41) is 18.8. The molecule has 0 radical (unpaired) electrons. The van der Waals surface area contributed by atoms with Crippen molar-refractivity contribution in [3.63, 3.8) is 0 Å². The molecule has 2 aliphatic rings. The fraction of sp³-hybridized carbons (Fsp3) is 0.625. The molecule has 0 aliphatic carbocycles. The third-order valence-electron chi connectivity index (χ3n) is 4.35. The second-order valence-corrected chi connectivity index (χ2v) is 6.07. The minimum Gasteiger partial charge on any atom is -0.350 e. The van der Waals surface area contributed by atoms with Crippen molar-refractivity contribution < 1.29 is 4.79 Å². The van der Waals surface area contributed by atoms with Gasteiger partial charge in [-0.2, -0.15) is 15.3 Å². The van der Waals surface area contributed by atoms with E-state index in [0.29, 0.717) is 31.1 Å². The van der Waals surface area contributed by atoms with Gasteiger partial charge in [-0.05, 0) is 25.5 Å². The van der Waals surface area contributed by atoms with Gasteiger partial charge >= 0.3 is 0 Å². The maximum Gasteiger partial charge on any atom is 0.271 e. The van der Waals surface area contributed by atoms with Crippen LogP contribution in [0.4, 0.5) is 0 Å². The van der Waals surface area contributed by atoms with Gasteiger partial charge in [0, 0.05) is 38.5 Å². The summed E-state index contributed by atoms with van der Waals surface area (Å²) in [6.45, 7) is 2.49. The average molecular weight is 314 g/mol. The van der Waals surface area contributed by atoms with Gasteiger partial charge in [0.25, 0.3) is 5.91 Å². The van der Waals surface area contributed by atoms with Crippen LogP contribution in [0.25, 0.3) is 0 Å². The topological polar surface area (TPSA) is 83.7 Å². The molecule has 2 aliphatic heterocycles. The Morgan fingerprint density at radius 1 is 1.52 bits per heavy atom. The molecule has 1 atom stereocenters. The maximum atomic E-state index is 12.2. The molecular formula is C16H22N6O. The molecule has 23 heavy (non-hydrogen) atoms. The lowest BCUT2D eigenvalue weighted by atomic mass is 10.0. The predicted octanol–water partition coefficient (Wildman–Crippen LogP) is 1.50. The van der Waals surface area contributed by atoms with Crippen LogP contribution < -0.4 is 10.6 Å². The van der Waals surface area contributed by atoms with Gasteiger partial charge in [-0.3, -0.25) is 9.48 Å². The Balaban J connectivity index is 1.45. The monoisotopic (exact) mass is 314 g/mol. The molecule has 122 valence electrons. The van der Waals surface area contributed by atoms with Gasteiger partial charge in [-0.25, -0.2) is 0 Å². The van der Waals surface area contributed by atoms with E-state index >= 15 is 0 Å². The number of carbonyl (C=O) groups excluding carboxylic acids is 1. The van der Waals surface area contributed by atoms with Crippen molar-refractivity contribution in [2.24, 2.45) is 10.2 Å². The van der Waals surface area contributed by atoms with E-state index in [-0.39, 0.29) is 11.6 Å². The number of nitrogens with zero attached hydrogens (tertiary/aromatic N) is 4. The molecule has 7 heteroatoms. The normalized spacial score (nSPS) is 21.6. The zero-order valence-electron chi connectivity index (χ0n) is 13.2. The zero-order chi connectivity index (χ0) is 16.1. The van der Waals surface area contributed by atoms with Crippen molar-refractivity contribution >= 4 is 5.91 Å². The van der Waals surface area contributed by atoms with Crippen molar-refractivity contribution in [2.45, 2.75) is 43.8 Å². The molecule has 0 bridgehead atoms. The summed E-state index contributed by atoms with van der Waals surface area (Å²) < 4.78 is 1.89. The molecule has 1 saturated heterocycles. The van der Waals surface area contributed by atoms with Gasteiger partial charge in [0.1, 0.15) is 5.69 Å². The van der Waals surface area contributed by atoms with E-state index in [4.69, 9.17) is 6.42 Å². The highest BCUT2D eigenvalue weighted by Gasteiger charge is 2.38. The highest BCUT2D eigenvalue weighted by atomic mass is 16.1. The standard InChI is InChI=1S/C16H22N6O/c1-2-3-7-16(20-21-16)8-10-18-15(23)14-6-11-22(19-14)13-5-4-9-17-12-13/h1,6,11,13,17H,3-5,7-10,12H2,(H,18,23). The average Bonchev–Trinajstić information content (AvgIpc) is 3.17. The summed E-state index contributed by atoms with van der Waals surface area (Å²) in [5.41, 5.74) is 0.102. The Kier molecular flexibility index (Phi) is 4.72. The first-order chi connectivity index (χ1) is 11.2. The van der Waals surface area contributed by atoms with Crippen molar-refractivity contribution in [2.75, 3.05) is 19.6 Å². The maximum absolute atomic E-state index is 12.2. The smallest absolute Gasteiger partial charge is 0.271 e. The number of terminal acetylenes is 1. The Hall–Kier alpha value is -2.20. The summed E-state index contributed by atoms with van der Waals surface area (Å²) >= 11 is 0. The van der Waals surface area contributed by atoms with Gasteiger partial charge in [0.15, 0.2) is 5.66 Å². The first-order valence-electron chi connectivity index (χ1n) is 8.14. The third-order valence-corrected chi connectivity index (χ3v) is 4.35. The molecule has 0 aromatic carbocycles. The van der Waals surface area contributed by atoms with E-state index in [2.05, 4.69) is 31.9 Å². The van der Waals surface area contributed by atoms with Gasteiger partial charge in [0.05, 0.1) is 6.04 Å². The largest absolute Gasteiger partial charge is 0.350 e. The Morgan fingerprint density at radius 2 is 2.39 bits per heavy atom. The molecular weight excluding hydrogens is 292 g/mol. The summed E-state index contributed by atoms with van der Waals surface area (Å²) in [6.07, 6.45) is 11.5. The number of aromatic nitrogens is 2. The van der Waals surface area contributed by atoms with Crippen LogP contribution in [0.1, 0.15) is 48.6 Å². The molecule has 1 fully saturated rings. The van der Waals surface area contributed by atoms with E-state index in [9.17, 15) is 4.79 Å². The molecule has 3 rings (SSSR count). The van der Waals surface area contributed by atoms with Crippen LogP contribution in [0.2, 0.25) is 0 Å². The van der Waals surface area contributed by atoms with Crippen LogP contribution in [-0.2, 0) is 0 Å². The quantitative estimate of drug-likeness (QED) is 0.748. The van der Waals surface area contributed by atoms with Crippen molar-refractivity contribution in [1.82, 2.24) is 20.4 Å². The van der Waals surface area contributed by atoms with Crippen LogP contribution in [0, 0.1) is 12.3 Å². The van der Waals surface area contributed by atoms with Crippen molar-refractivity contribution in [3.8, 4) is 12.3 Å². The lowest BCUT2D eigenvalue weighted by Crippen LogP contribution is -2.32. The van der Waals surface area contributed by atoms with Crippen LogP contribution in [0.5, 0.6) is 0 Å². The third kappa shape index (κ3) is 3.96. The second-order valence-electron chi connectivity index (χ2n) is 6.07. The van der Waals surface area contributed by atoms with Crippen molar-refractivity contribution in [3.05, 3.63) is 18.0 Å². The molecule has 1 aromatic heterocycles. The lowest BCUT2D eigenvalue weighted by Gasteiger charge is -2.22. The number of amides is 1. The number of piperidine rings is 1. The van der Waals surface area contributed by atoms with E-state index in [1.807, 2.05) is 10.9 Å². The Labute approximate surface area is 135 Å². The molecule has 1 aromatic rings. The molecule has 1 unspecified atom stereocenters. The fourth-order valence-electron chi connectivity index (χ4n) is 2.86. The van der Waals surface area contributed by atoms with Gasteiger partial charge in [-0.1, -0.05) is 0 Å². The van der Waals surface area contributed by atoms with E-state index in [1.54, 1.807) is 6.07 Å². The Morgan fingerprint density at radius 3 is 3.09 bits per heavy atom. The number of hydrogen-bond acceptors (Lipinski definition) is 5. The first-order valence-corrected chi connectivity index (χ1v) is 8.14.